The van der Waals surface area contributed by atoms with Crippen molar-refractivity contribution in [2.75, 3.05) is 13.1 Å². The van der Waals surface area contributed by atoms with Crippen LogP contribution < -0.4 is 5.32 Å². The highest BCUT2D eigenvalue weighted by Crippen LogP contribution is 2.45. The highest BCUT2D eigenvalue weighted by atomic mass is 16.2. The van der Waals surface area contributed by atoms with Crippen LogP contribution >= 0.6 is 0 Å². The van der Waals surface area contributed by atoms with E-state index in [-0.39, 0.29) is 17.2 Å². The summed E-state index contributed by atoms with van der Waals surface area (Å²) in [4.78, 5) is 25.9. The van der Waals surface area contributed by atoms with Crippen LogP contribution in [0.25, 0.3) is 0 Å². The molecule has 1 saturated heterocycles. The maximum Gasteiger partial charge on any atom is 0.235 e. The molecule has 0 bridgehead atoms. The van der Waals surface area contributed by atoms with Crippen LogP contribution in [0.15, 0.2) is 0 Å². The molecule has 2 amide bonds. The van der Waals surface area contributed by atoms with Gasteiger partial charge in [0.05, 0.1) is 5.41 Å². The molecule has 2 fully saturated rings. The van der Waals surface area contributed by atoms with E-state index in [1.807, 2.05) is 0 Å². The lowest BCUT2D eigenvalue weighted by molar-refractivity contribution is -0.142. The van der Waals surface area contributed by atoms with Crippen LogP contribution in [0.3, 0.4) is 0 Å². The Morgan fingerprint density at radius 3 is 2.50 bits per heavy atom. The second kappa shape index (κ2) is 5.39. The van der Waals surface area contributed by atoms with Crippen molar-refractivity contribution in [2.45, 2.75) is 58.4 Å². The van der Waals surface area contributed by atoms with Crippen molar-refractivity contribution in [1.29, 1.82) is 0 Å². The van der Waals surface area contributed by atoms with E-state index in [0.29, 0.717) is 25.6 Å². The van der Waals surface area contributed by atoms with Gasteiger partial charge in [0.2, 0.25) is 11.8 Å². The molecule has 102 valence electrons. The highest BCUT2D eigenvalue weighted by Gasteiger charge is 2.51. The first-order valence-corrected chi connectivity index (χ1v) is 7.13. The average molecular weight is 252 g/mol. The molecule has 0 aromatic heterocycles. The Morgan fingerprint density at radius 1 is 1.22 bits per heavy atom. The average Bonchev–Trinajstić information content (AvgIpc) is 2.54. The molecule has 1 saturated carbocycles. The number of carbonyl (C=O) groups excluding carboxylic acids is 2. The maximum absolute atomic E-state index is 12.4. The van der Waals surface area contributed by atoms with E-state index in [2.05, 4.69) is 19.2 Å². The van der Waals surface area contributed by atoms with Gasteiger partial charge in [-0.1, -0.05) is 33.1 Å². The van der Waals surface area contributed by atoms with Crippen LogP contribution in [0.2, 0.25) is 0 Å². The molecule has 0 aromatic carbocycles. The van der Waals surface area contributed by atoms with Gasteiger partial charge >= 0.3 is 0 Å². The van der Waals surface area contributed by atoms with Crippen molar-refractivity contribution in [1.82, 2.24) is 10.2 Å². The molecule has 0 atom stereocenters. The van der Waals surface area contributed by atoms with Crippen LogP contribution in [0.1, 0.15) is 52.4 Å². The van der Waals surface area contributed by atoms with E-state index < -0.39 is 0 Å². The summed E-state index contributed by atoms with van der Waals surface area (Å²) in [5.74, 6) is 0.130. The Hall–Kier alpha value is -0.900. The smallest absolute Gasteiger partial charge is 0.235 e. The quantitative estimate of drug-likeness (QED) is 0.775. The third-order valence-electron chi connectivity index (χ3n) is 4.19. The van der Waals surface area contributed by atoms with Crippen LogP contribution in [-0.2, 0) is 9.59 Å². The second-order valence-corrected chi connectivity index (χ2v) is 5.98. The van der Waals surface area contributed by atoms with Gasteiger partial charge in [0, 0.05) is 25.6 Å². The molecule has 0 unspecified atom stereocenters. The topological polar surface area (TPSA) is 49.4 Å². The largest absolute Gasteiger partial charge is 0.313 e. The summed E-state index contributed by atoms with van der Waals surface area (Å²) in [5, 5.41) is 3.26. The Labute approximate surface area is 109 Å². The molecule has 1 heterocycles. The first kappa shape index (κ1) is 13.5. The van der Waals surface area contributed by atoms with Crippen LogP contribution in [0.5, 0.6) is 0 Å². The van der Waals surface area contributed by atoms with Crippen molar-refractivity contribution in [3.8, 4) is 0 Å². The zero-order valence-electron chi connectivity index (χ0n) is 11.5. The monoisotopic (exact) mass is 252 g/mol. The second-order valence-electron chi connectivity index (χ2n) is 5.98. The molecule has 1 aliphatic heterocycles. The van der Waals surface area contributed by atoms with Gasteiger partial charge in [0.15, 0.2) is 0 Å². The summed E-state index contributed by atoms with van der Waals surface area (Å²) in [6, 6.07) is 0.390. The molecule has 2 aliphatic rings. The lowest BCUT2D eigenvalue weighted by Crippen LogP contribution is -2.41. The summed E-state index contributed by atoms with van der Waals surface area (Å²) >= 11 is 0. The molecule has 4 nitrogen and oxygen atoms in total. The van der Waals surface area contributed by atoms with E-state index in [9.17, 15) is 9.59 Å². The SMILES string of the molecule is CC(C)NCCN1C(=O)CC2(CCCCC2)C1=O. The minimum Gasteiger partial charge on any atom is -0.313 e. The minimum absolute atomic E-state index is 0.0347. The molecule has 0 aromatic rings. The third kappa shape index (κ3) is 2.58. The number of nitrogens with zero attached hydrogens (tertiary/aromatic N) is 1. The summed E-state index contributed by atoms with van der Waals surface area (Å²) in [5.41, 5.74) is -0.326. The third-order valence-corrected chi connectivity index (χ3v) is 4.19. The number of carbonyl (C=O) groups is 2. The van der Waals surface area contributed by atoms with E-state index in [1.54, 1.807) is 0 Å². The lowest BCUT2D eigenvalue weighted by Gasteiger charge is -2.30. The van der Waals surface area contributed by atoms with Gasteiger partial charge < -0.3 is 5.32 Å². The summed E-state index contributed by atoms with van der Waals surface area (Å²) in [6.07, 6.45) is 5.66. The molecular formula is C14H24N2O2. The number of likely N-dealkylation sites (tertiary alicyclic amines) is 1. The molecule has 1 N–H and O–H groups in total. The van der Waals surface area contributed by atoms with Crippen LogP contribution in [-0.4, -0.2) is 35.8 Å². The van der Waals surface area contributed by atoms with Crippen molar-refractivity contribution in [3.63, 3.8) is 0 Å². The Kier molecular flexibility index (Phi) is 4.05. The fourth-order valence-corrected chi connectivity index (χ4v) is 3.17. The van der Waals surface area contributed by atoms with Gasteiger partial charge in [0.1, 0.15) is 0 Å². The predicted molar refractivity (Wildman–Crippen MR) is 70.0 cm³/mol. The number of rotatable bonds is 4. The normalized spacial score (nSPS) is 23.4. The number of amides is 2. The van der Waals surface area contributed by atoms with Gasteiger partial charge in [0.25, 0.3) is 0 Å². The standard InChI is InChI=1S/C14H24N2O2/c1-11(2)15-8-9-16-12(17)10-14(13(16)18)6-4-3-5-7-14/h11,15H,3-10H2,1-2H3. The van der Waals surface area contributed by atoms with Crippen LogP contribution in [0.4, 0.5) is 0 Å². The van der Waals surface area contributed by atoms with Crippen molar-refractivity contribution in [2.24, 2.45) is 5.41 Å². The Bertz CT molecular complexity index is 333. The zero-order chi connectivity index (χ0) is 13.2. The zero-order valence-corrected chi connectivity index (χ0v) is 11.5. The Morgan fingerprint density at radius 2 is 1.89 bits per heavy atom. The molecular weight excluding hydrogens is 228 g/mol. The van der Waals surface area contributed by atoms with Gasteiger partial charge in [-0.05, 0) is 12.8 Å². The van der Waals surface area contributed by atoms with Crippen LogP contribution in [0, 0.1) is 5.41 Å². The predicted octanol–water partition coefficient (Wildman–Crippen LogP) is 1.69. The van der Waals surface area contributed by atoms with E-state index in [4.69, 9.17) is 0 Å². The first-order valence-electron chi connectivity index (χ1n) is 7.13. The molecule has 1 spiro atoms. The lowest BCUT2D eigenvalue weighted by atomic mass is 9.73. The van der Waals surface area contributed by atoms with E-state index >= 15 is 0 Å². The molecule has 18 heavy (non-hydrogen) atoms. The van der Waals surface area contributed by atoms with Gasteiger partial charge in [-0.3, -0.25) is 14.5 Å². The number of imide groups is 1. The maximum atomic E-state index is 12.4. The van der Waals surface area contributed by atoms with Gasteiger partial charge in [-0.2, -0.15) is 0 Å². The summed E-state index contributed by atoms with van der Waals surface area (Å²) in [6.45, 7) is 5.36. The number of hydrogen-bond donors (Lipinski definition) is 1. The summed E-state index contributed by atoms with van der Waals surface area (Å²) in [7, 11) is 0. The van der Waals surface area contributed by atoms with Crippen molar-refractivity contribution < 1.29 is 9.59 Å². The van der Waals surface area contributed by atoms with E-state index in [1.165, 1.54) is 11.3 Å². The van der Waals surface area contributed by atoms with Gasteiger partial charge in [-0.15, -0.1) is 0 Å². The molecule has 4 heteroatoms. The number of nitrogens with one attached hydrogen (secondary N) is 1. The van der Waals surface area contributed by atoms with E-state index in [0.717, 1.165) is 25.7 Å². The first-order chi connectivity index (χ1) is 8.55. The molecule has 0 radical (unpaired) electrons. The molecule has 2 rings (SSSR count). The molecule has 1 aliphatic carbocycles. The fourth-order valence-electron chi connectivity index (χ4n) is 3.17. The summed E-state index contributed by atoms with van der Waals surface area (Å²) < 4.78 is 0. The van der Waals surface area contributed by atoms with Gasteiger partial charge in [-0.25, -0.2) is 0 Å². The fraction of sp³-hybridized carbons (Fsp3) is 0.857. The van der Waals surface area contributed by atoms with Crippen molar-refractivity contribution in [3.05, 3.63) is 0 Å². The highest BCUT2D eigenvalue weighted by molar-refractivity contribution is 6.05. The minimum atomic E-state index is -0.326. The Balaban J connectivity index is 1.96. The van der Waals surface area contributed by atoms with Crippen molar-refractivity contribution >= 4 is 11.8 Å². The number of hydrogen-bond acceptors (Lipinski definition) is 3.